The van der Waals surface area contributed by atoms with E-state index in [0.717, 1.165) is 0 Å². The number of halogens is 4. The summed E-state index contributed by atoms with van der Waals surface area (Å²) >= 11 is 23.5. The molecule has 1 aromatic rings. The first-order chi connectivity index (χ1) is 6.54. The third kappa shape index (κ3) is 1.84. The summed E-state index contributed by atoms with van der Waals surface area (Å²) in [6, 6.07) is 0. The second-order valence-electron chi connectivity index (χ2n) is 2.32. The molecule has 0 atom stereocenters. The highest BCUT2D eigenvalue weighted by Gasteiger charge is 2.21. The maximum absolute atomic E-state index is 5.91. The van der Waals surface area contributed by atoms with Gasteiger partial charge in [-0.15, -0.1) is 0 Å². The molecule has 0 amide bonds. The predicted molar refractivity (Wildman–Crippen MR) is 59.6 cm³/mol. The quantitative estimate of drug-likeness (QED) is 0.591. The second-order valence-corrected chi connectivity index (χ2v) is 3.83. The van der Waals surface area contributed by atoms with Gasteiger partial charge in [0, 0.05) is 0 Å². The van der Waals surface area contributed by atoms with E-state index >= 15 is 0 Å². The Bertz CT molecular complexity index is 334. The third-order valence-corrected chi connectivity index (χ3v) is 3.23. The minimum absolute atomic E-state index is 0.159. The van der Waals surface area contributed by atoms with Crippen LogP contribution in [0.1, 0.15) is 0 Å². The van der Waals surface area contributed by atoms with Crippen LogP contribution in [0.2, 0.25) is 20.1 Å². The van der Waals surface area contributed by atoms with Gasteiger partial charge in [-0.2, -0.15) is 0 Å². The maximum Gasteiger partial charge on any atom is 0.161 e. The van der Waals surface area contributed by atoms with Gasteiger partial charge in [-0.05, 0) is 0 Å². The molecule has 0 radical (unpaired) electrons. The molecule has 0 heterocycles. The van der Waals surface area contributed by atoms with Gasteiger partial charge in [0.1, 0.15) is 15.1 Å². The molecule has 0 saturated heterocycles. The highest BCUT2D eigenvalue weighted by Crippen LogP contribution is 2.49. The van der Waals surface area contributed by atoms with E-state index < -0.39 is 0 Å². The first-order valence-corrected chi connectivity index (χ1v) is 4.99. The maximum atomic E-state index is 5.91. The molecule has 0 unspecified atom stereocenters. The molecule has 14 heavy (non-hydrogen) atoms. The van der Waals surface area contributed by atoms with Crippen molar-refractivity contribution < 1.29 is 9.47 Å². The standard InChI is InChI=1S/C8H6Cl4O2/c1-13-7-4(10)3(9)5(11)8(14-2)6(7)12/h1-2H3. The number of hydrogen-bond donors (Lipinski definition) is 0. The molecule has 0 aromatic heterocycles. The van der Waals surface area contributed by atoms with Gasteiger partial charge in [0.15, 0.2) is 11.5 Å². The fourth-order valence-electron chi connectivity index (χ4n) is 0.950. The van der Waals surface area contributed by atoms with Crippen molar-refractivity contribution in [3.63, 3.8) is 0 Å². The molecular weight excluding hydrogens is 270 g/mol. The summed E-state index contributed by atoms with van der Waals surface area (Å²) in [4.78, 5) is 0. The average Bonchev–Trinajstić information content (AvgIpc) is 2.16. The van der Waals surface area contributed by atoms with E-state index in [0.29, 0.717) is 0 Å². The van der Waals surface area contributed by atoms with Gasteiger partial charge in [-0.1, -0.05) is 46.4 Å². The Morgan fingerprint density at radius 2 is 1.00 bits per heavy atom. The Morgan fingerprint density at radius 3 is 1.29 bits per heavy atom. The smallest absolute Gasteiger partial charge is 0.161 e. The molecule has 0 saturated carbocycles. The Hall–Kier alpha value is -0.0200. The van der Waals surface area contributed by atoms with Gasteiger partial charge >= 0.3 is 0 Å². The lowest BCUT2D eigenvalue weighted by molar-refractivity contribution is 0.395. The molecule has 0 aliphatic heterocycles. The van der Waals surface area contributed by atoms with Crippen molar-refractivity contribution in [2.75, 3.05) is 14.2 Å². The van der Waals surface area contributed by atoms with Crippen molar-refractivity contribution in [2.45, 2.75) is 0 Å². The third-order valence-electron chi connectivity index (χ3n) is 1.59. The predicted octanol–water partition coefficient (Wildman–Crippen LogP) is 4.32. The van der Waals surface area contributed by atoms with Crippen LogP contribution in [0.15, 0.2) is 0 Å². The van der Waals surface area contributed by atoms with E-state index in [2.05, 4.69) is 0 Å². The number of rotatable bonds is 2. The molecule has 78 valence electrons. The molecule has 0 aliphatic carbocycles. The van der Waals surface area contributed by atoms with Gasteiger partial charge in [0.25, 0.3) is 0 Å². The second kappa shape index (κ2) is 4.67. The van der Waals surface area contributed by atoms with E-state index in [9.17, 15) is 0 Å². The zero-order chi connectivity index (χ0) is 10.9. The summed E-state index contributed by atoms with van der Waals surface area (Å²) < 4.78 is 9.93. The Morgan fingerprint density at radius 1 is 0.643 bits per heavy atom. The number of hydrogen-bond acceptors (Lipinski definition) is 2. The lowest BCUT2D eigenvalue weighted by Gasteiger charge is -2.13. The monoisotopic (exact) mass is 274 g/mol. The van der Waals surface area contributed by atoms with Crippen LogP contribution in [0, 0.1) is 0 Å². The molecule has 0 aliphatic rings. The normalized spacial score (nSPS) is 10.1. The molecule has 0 N–H and O–H groups in total. The van der Waals surface area contributed by atoms with Crippen LogP contribution in [-0.4, -0.2) is 14.2 Å². The van der Waals surface area contributed by atoms with E-state index in [-0.39, 0.29) is 31.6 Å². The molecule has 1 rings (SSSR count). The van der Waals surface area contributed by atoms with E-state index in [1.807, 2.05) is 0 Å². The van der Waals surface area contributed by atoms with Crippen molar-refractivity contribution in [1.29, 1.82) is 0 Å². The largest absolute Gasteiger partial charge is 0.493 e. The molecule has 1 aromatic carbocycles. The van der Waals surface area contributed by atoms with Gasteiger partial charge < -0.3 is 9.47 Å². The highest BCUT2D eigenvalue weighted by atomic mass is 35.5. The average molecular weight is 276 g/mol. The van der Waals surface area contributed by atoms with Crippen LogP contribution in [-0.2, 0) is 0 Å². The molecule has 0 spiro atoms. The molecule has 2 nitrogen and oxygen atoms in total. The van der Waals surface area contributed by atoms with Crippen molar-refractivity contribution >= 4 is 46.4 Å². The topological polar surface area (TPSA) is 18.5 Å². The summed E-state index contributed by atoms with van der Waals surface area (Å²) in [5.74, 6) is 0.499. The fourth-order valence-corrected chi connectivity index (χ4v) is 2.14. The van der Waals surface area contributed by atoms with Crippen LogP contribution in [0.3, 0.4) is 0 Å². The van der Waals surface area contributed by atoms with Gasteiger partial charge in [-0.25, -0.2) is 0 Å². The van der Waals surface area contributed by atoms with Crippen LogP contribution in [0.5, 0.6) is 11.5 Å². The van der Waals surface area contributed by atoms with Gasteiger partial charge in [-0.3, -0.25) is 0 Å². The van der Waals surface area contributed by atoms with Crippen molar-refractivity contribution in [3.05, 3.63) is 20.1 Å². The van der Waals surface area contributed by atoms with Crippen molar-refractivity contribution in [1.82, 2.24) is 0 Å². The van der Waals surface area contributed by atoms with Gasteiger partial charge in [0.2, 0.25) is 0 Å². The van der Waals surface area contributed by atoms with Crippen LogP contribution < -0.4 is 9.47 Å². The van der Waals surface area contributed by atoms with E-state index in [1.54, 1.807) is 0 Å². The summed E-state index contributed by atoms with van der Waals surface area (Å²) in [6.45, 7) is 0. The number of benzene rings is 1. The SMILES string of the molecule is COc1c(Cl)c(Cl)c(Cl)c(OC)c1Cl. The number of methoxy groups -OCH3 is 2. The Kier molecular flexibility index (Phi) is 4.02. The molecule has 0 fully saturated rings. The minimum Gasteiger partial charge on any atom is -0.493 e. The zero-order valence-electron chi connectivity index (χ0n) is 7.33. The van der Waals surface area contributed by atoms with Crippen molar-refractivity contribution in [2.24, 2.45) is 0 Å². The minimum atomic E-state index is 0.159. The highest BCUT2D eigenvalue weighted by molar-refractivity contribution is 6.51. The Balaban J connectivity index is 3.56. The fraction of sp³-hybridized carbons (Fsp3) is 0.250. The summed E-state index contributed by atoms with van der Waals surface area (Å²) in [6.07, 6.45) is 0. The lowest BCUT2D eigenvalue weighted by Crippen LogP contribution is -1.92. The summed E-state index contributed by atoms with van der Waals surface area (Å²) in [5, 5.41) is 0.704. The molecule has 6 heteroatoms. The van der Waals surface area contributed by atoms with E-state index in [1.165, 1.54) is 14.2 Å². The van der Waals surface area contributed by atoms with Crippen LogP contribution in [0.4, 0.5) is 0 Å². The lowest BCUT2D eigenvalue weighted by atomic mass is 10.3. The zero-order valence-corrected chi connectivity index (χ0v) is 10.4. The first-order valence-electron chi connectivity index (χ1n) is 3.48. The molecular formula is C8H6Cl4O2. The molecule has 0 bridgehead atoms. The summed E-state index contributed by atoms with van der Waals surface area (Å²) in [7, 11) is 2.85. The summed E-state index contributed by atoms with van der Waals surface area (Å²) in [5.41, 5.74) is 0. The Labute approximate surface area is 102 Å². The van der Waals surface area contributed by atoms with Crippen LogP contribution >= 0.6 is 46.4 Å². The first kappa shape index (κ1) is 12.1. The van der Waals surface area contributed by atoms with E-state index in [4.69, 9.17) is 55.9 Å². The van der Waals surface area contributed by atoms with Crippen LogP contribution in [0.25, 0.3) is 0 Å². The number of ether oxygens (including phenoxy) is 2. The van der Waals surface area contributed by atoms with Crippen molar-refractivity contribution in [3.8, 4) is 11.5 Å². The van der Waals surface area contributed by atoms with Gasteiger partial charge in [0.05, 0.1) is 19.2 Å².